The van der Waals surface area contributed by atoms with Crippen molar-refractivity contribution in [1.82, 2.24) is 0 Å². The van der Waals surface area contributed by atoms with Crippen LogP contribution in [0.2, 0.25) is 10.0 Å². The molecule has 1 nitrogen and oxygen atoms in total. The Morgan fingerprint density at radius 1 is 1.27 bits per heavy atom. The lowest BCUT2D eigenvalue weighted by atomic mass is 10.1. The van der Waals surface area contributed by atoms with E-state index in [2.05, 4.69) is 4.99 Å². The summed E-state index contributed by atoms with van der Waals surface area (Å²) < 4.78 is 0. The smallest absolute Gasteiger partial charge is 0.0691 e. The van der Waals surface area contributed by atoms with Crippen LogP contribution < -0.4 is 0 Å². The zero-order valence-corrected chi connectivity index (χ0v) is 7.15. The third kappa shape index (κ3) is 1.15. The molecule has 0 bridgehead atoms. The molecule has 11 heavy (non-hydrogen) atoms. The molecule has 2 rings (SSSR count). The van der Waals surface area contributed by atoms with E-state index in [1.165, 1.54) is 0 Å². The van der Waals surface area contributed by atoms with Crippen molar-refractivity contribution in [3.05, 3.63) is 27.7 Å². The normalized spacial score (nSPS) is 13.6. The van der Waals surface area contributed by atoms with Crippen molar-refractivity contribution in [2.45, 2.75) is 6.42 Å². The Kier molecular flexibility index (Phi) is 1.63. The molecular formula is C8H5Cl2N. The van der Waals surface area contributed by atoms with Gasteiger partial charge in [-0.25, -0.2) is 0 Å². The van der Waals surface area contributed by atoms with Crippen LogP contribution in [-0.2, 0) is 6.42 Å². The van der Waals surface area contributed by atoms with Gasteiger partial charge in [-0.15, -0.1) is 0 Å². The fourth-order valence-electron chi connectivity index (χ4n) is 1.14. The van der Waals surface area contributed by atoms with E-state index in [9.17, 15) is 0 Å². The quantitative estimate of drug-likeness (QED) is 0.589. The summed E-state index contributed by atoms with van der Waals surface area (Å²) in [5, 5.41) is 1.36. The average Bonchev–Trinajstić information content (AvgIpc) is 2.34. The minimum atomic E-state index is 0.646. The maximum Gasteiger partial charge on any atom is 0.0691 e. The summed E-state index contributed by atoms with van der Waals surface area (Å²) in [5.74, 6) is 0. The topological polar surface area (TPSA) is 12.4 Å². The van der Waals surface area contributed by atoms with Gasteiger partial charge >= 0.3 is 0 Å². The predicted octanol–water partition coefficient (Wildman–Crippen LogP) is 3.25. The van der Waals surface area contributed by atoms with Crippen LogP contribution in [0.25, 0.3) is 0 Å². The van der Waals surface area contributed by atoms with Crippen molar-refractivity contribution < 1.29 is 0 Å². The van der Waals surface area contributed by atoms with Crippen LogP contribution >= 0.6 is 23.2 Å². The molecule has 1 aliphatic heterocycles. The van der Waals surface area contributed by atoms with Gasteiger partial charge in [-0.2, -0.15) is 0 Å². The van der Waals surface area contributed by atoms with Gasteiger partial charge in [-0.3, -0.25) is 4.99 Å². The SMILES string of the molecule is Clc1cc(Cl)c2c(c1)N=CC2. The fourth-order valence-corrected chi connectivity index (χ4v) is 1.70. The highest BCUT2D eigenvalue weighted by molar-refractivity contribution is 6.35. The highest BCUT2D eigenvalue weighted by Gasteiger charge is 2.10. The minimum Gasteiger partial charge on any atom is -0.260 e. The fraction of sp³-hybridized carbons (Fsp3) is 0.125. The first-order valence-corrected chi connectivity index (χ1v) is 4.03. The van der Waals surface area contributed by atoms with Crippen LogP contribution in [0.15, 0.2) is 17.1 Å². The molecule has 0 radical (unpaired) electrons. The predicted molar refractivity (Wildman–Crippen MR) is 48.3 cm³/mol. The standard InChI is InChI=1S/C8H5Cl2N/c9-5-3-7(10)6-1-2-11-8(6)4-5/h2-4H,1H2. The Morgan fingerprint density at radius 3 is 2.91 bits per heavy atom. The number of nitrogens with zero attached hydrogens (tertiary/aromatic N) is 1. The van der Waals surface area contributed by atoms with Crippen molar-refractivity contribution in [3.8, 4) is 0 Å². The van der Waals surface area contributed by atoms with E-state index in [4.69, 9.17) is 23.2 Å². The Hall–Kier alpha value is -0.530. The lowest BCUT2D eigenvalue weighted by Gasteiger charge is -1.99. The molecule has 0 saturated heterocycles. The first kappa shape index (κ1) is 7.14. The maximum absolute atomic E-state index is 5.91. The number of aliphatic imine (C=N–C) groups is 1. The summed E-state index contributed by atoms with van der Waals surface area (Å²) in [5.41, 5.74) is 1.98. The second kappa shape index (κ2) is 2.50. The summed E-state index contributed by atoms with van der Waals surface area (Å²) >= 11 is 11.7. The third-order valence-electron chi connectivity index (χ3n) is 1.66. The van der Waals surface area contributed by atoms with E-state index in [-0.39, 0.29) is 0 Å². The summed E-state index contributed by atoms with van der Waals surface area (Å²) in [7, 11) is 0. The zero-order valence-electron chi connectivity index (χ0n) is 5.64. The van der Waals surface area contributed by atoms with Gasteiger partial charge < -0.3 is 0 Å². The molecule has 0 fully saturated rings. The first-order valence-electron chi connectivity index (χ1n) is 3.28. The summed E-state index contributed by atoms with van der Waals surface area (Å²) in [6, 6.07) is 3.57. The van der Waals surface area contributed by atoms with Crippen molar-refractivity contribution in [1.29, 1.82) is 0 Å². The van der Waals surface area contributed by atoms with Crippen LogP contribution in [0.4, 0.5) is 5.69 Å². The number of hydrogen-bond acceptors (Lipinski definition) is 1. The van der Waals surface area contributed by atoms with E-state index in [1.54, 1.807) is 6.07 Å². The summed E-state index contributed by atoms with van der Waals surface area (Å²) in [6.45, 7) is 0. The van der Waals surface area contributed by atoms with Crippen LogP contribution in [0, 0.1) is 0 Å². The molecule has 0 amide bonds. The molecule has 1 aromatic carbocycles. The molecule has 56 valence electrons. The Bertz CT molecular complexity index is 331. The second-order valence-corrected chi connectivity index (χ2v) is 3.24. The Labute approximate surface area is 74.7 Å². The van der Waals surface area contributed by atoms with Gasteiger partial charge in [0.05, 0.1) is 5.69 Å². The molecule has 0 aliphatic carbocycles. The molecule has 1 heterocycles. The first-order chi connectivity index (χ1) is 5.27. The van der Waals surface area contributed by atoms with E-state index in [0.29, 0.717) is 10.0 Å². The lowest BCUT2D eigenvalue weighted by Crippen LogP contribution is -1.80. The number of fused-ring (bicyclic) bond motifs is 1. The summed E-state index contributed by atoms with van der Waals surface area (Å²) in [4.78, 5) is 4.13. The van der Waals surface area contributed by atoms with Crippen molar-refractivity contribution in [3.63, 3.8) is 0 Å². The molecule has 0 unspecified atom stereocenters. The molecule has 0 saturated carbocycles. The molecular weight excluding hydrogens is 181 g/mol. The Balaban J connectivity index is 2.66. The van der Waals surface area contributed by atoms with Gasteiger partial charge in [0.25, 0.3) is 0 Å². The van der Waals surface area contributed by atoms with E-state index >= 15 is 0 Å². The van der Waals surface area contributed by atoms with E-state index in [0.717, 1.165) is 17.7 Å². The van der Waals surface area contributed by atoms with Gasteiger partial charge in [0.15, 0.2) is 0 Å². The van der Waals surface area contributed by atoms with Gasteiger partial charge in [0.2, 0.25) is 0 Å². The lowest BCUT2D eigenvalue weighted by molar-refractivity contribution is 1.41. The highest BCUT2D eigenvalue weighted by Crippen LogP contribution is 2.33. The zero-order chi connectivity index (χ0) is 7.84. The van der Waals surface area contributed by atoms with Crippen LogP contribution in [0.1, 0.15) is 5.56 Å². The van der Waals surface area contributed by atoms with Crippen molar-refractivity contribution >= 4 is 35.1 Å². The molecule has 0 atom stereocenters. The van der Waals surface area contributed by atoms with E-state index in [1.807, 2.05) is 12.3 Å². The van der Waals surface area contributed by atoms with Gasteiger partial charge in [0, 0.05) is 28.2 Å². The van der Waals surface area contributed by atoms with Crippen molar-refractivity contribution in [2.24, 2.45) is 4.99 Å². The number of halogens is 2. The van der Waals surface area contributed by atoms with Crippen LogP contribution in [0.3, 0.4) is 0 Å². The van der Waals surface area contributed by atoms with Crippen LogP contribution in [0.5, 0.6) is 0 Å². The molecule has 1 aliphatic rings. The number of rotatable bonds is 0. The van der Waals surface area contributed by atoms with Crippen LogP contribution in [-0.4, -0.2) is 6.21 Å². The monoisotopic (exact) mass is 185 g/mol. The summed E-state index contributed by atoms with van der Waals surface area (Å²) in [6.07, 6.45) is 2.66. The van der Waals surface area contributed by atoms with Gasteiger partial charge in [-0.1, -0.05) is 23.2 Å². The second-order valence-electron chi connectivity index (χ2n) is 2.40. The molecule has 0 spiro atoms. The number of hydrogen-bond donors (Lipinski definition) is 0. The van der Waals surface area contributed by atoms with Gasteiger partial charge in [-0.05, 0) is 12.1 Å². The average molecular weight is 186 g/mol. The van der Waals surface area contributed by atoms with E-state index < -0.39 is 0 Å². The maximum atomic E-state index is 5.91. The molecule has 0 N–H and O–H groups in total. The molecule has 0 aromatic heterocycles. The third-order valence-corrected chi connectivity index (χ3v) is 2.22. The molecule has 1 aromatic rings. The largest absolute Gasteiger partial charge is 0.260 e. The van der Waals surface area contributed by atoms with Gasteiger partial charge in [0.1, 0.15) is 0 Å². The van der Waals surface area contributed by atoms with Crippen molar-refractivity contribution in [2.75, 3.05) is 0 Å². The minimum absolute atomic E-state index is 0.646. The number of benzene rings is 1. The Morgan fingerprint density at radius 2 is 2.09 bits per heavy atom. The molecule has 3 heteroatoms. The highest BCUT2D eigenvalue weighted by atomic mass is 35.5.